The quantitative estimate of drug-likeness (QED) is 0.808. The topological polar surface area (TPSA) is 26.0 Å². The van der Waals surface area contributed by atoms with Crippen molar-refractivity contribution in [2.24, 2.45) is 11.1 Å². The van der Waals surface area contributed by atoms with Crippen LogP contribution in [-0.2, 0) is 6.42 Å². The van der Waals surface area contributed by atoms with E-state index in [4.69, 9.17) is 5.73 Å². The molecule has 1 aromatic carbocycles. The Morgan fingerprint density at radius 3 is 1.94 bits per heavy atom. The lowest BCUT2D eigenvalue weighted by atomic mass is 9.90. The highest BCUT2D eigenvalue weighted by Crippen LogP contribution is 2.55. The van der Waals surface area contributed by atoms with E-state index >= 15 is 0 Å². The van der Waals surface area contributed by atoms with Crippen molar-refractivity contribution in [3.63, 3.8) is 0 Å². The number of rotatable bonds is 2. The molecule has 0 spiro atoms. The normalized spacial score (nSPS) is 26.9. The third-order valence-corrected chi connectivity index (χ3v) is 4.31. The lowest BCUT2D eigenvalue weighted by Gasteiger charge is -2.19. The second-order valence-corrected chi connectivity index (χ2v) is 6.27. The molecule has 0 bridgehead atoms. The van der Waals surface area contributed by atoms with Gasteiger partial charge in [0.15, 0.2) is 0 Å². The molecule has 1 saturated carbocycles. The highest BCUT2D eigenvalue weighted by Gasteiger charge is 2.58. The van der Waals surface area contributed by atoms with Crippen molar-refractivity contribution >= 4 is 0 Å². The first kappa shape index (κ1) is 11.7. The zero-order valence-corrected chi connectivity index (χ0v) is 11.1. The monoisotopic (exact) mass is 217 g/mol. The Labute approximate surface area is 99.0 Å². The van der Waals surface area contributed by atoms with Gasteiger partial charge in [0.25, 0.3) is 0 Å². The number of nitrogens with two attached hydrogens (primary N) is 1. The molecular formula is C15H23N. The van der Waals surface area contributed by atoms with Crippen LogP contribution in [0.2, 0.25) is 0 Å². The molecule has 1 heteroatoms. The third-order valence-electron chi connectivity index (χ3n) is 4.31. The van der Waals surface area contributed by atoms with Gasteiger partial charge < -0.3 is 5.73 Å². The summed E-state index contributed by atoms with van der Waals surface area (Å²) in [6, 6.07) is 4.53. The number of hydrogen-bond acceptors (Lipinski definition) is 1. The van der Waals surface area contributed by atoms with Crippen molar-refractivity contribution in [1.29, 1.82) is 0 Å². The molecule has 2 N–H and O–H groups in total. The highest BCUT2D eigenvalue weighted by molar-refractivity contribution is 5.40. The van der Waals surface area contributed by atoms with E-state index in [9.17, 15) is 0 Å². The second kappa shape index (κ2) is 3.33. The molecule has 0 radical (unpaired) electrons. The van der Waals surface area contributed by atoms with Gasteiger partial charge in [-0.15, -0.1) is 0 Å². The molecule has 1 aliphatic rings. The maximum atomic E-state index is 6.43. The molecule has 2 rings (SSSR count). The fraction of sp³-hybridized carbons (Fsp3) is 0.600. The fourth-order valence-electron chi connectivity index (χ4n) is 2.85. The van der Waals surface area contributed by atoms with Crippen LogP contribution in [0.25, 0.3) is 0 Å². The van der Waals surface area contributed by atoms with Crippen LogP contribution in [0.15, 0.2) is 12.1 Å². The van der Waals surface area contributed by atoms with Crippen LogP contribution in [0.5, 0.6) is 0 Å². The van der Waals surface area contributed by atoms with Crippen LogP contribution in [0.1, 0.15) is 42.5 Å². The number of hydrogen-bond donors (Lipinski definition) is 1. The molecule has 1 fully saturated rings. The van der Waals surface area contributed by atoms with E-state index in [-0.39, 0.29) is 5.54 Å². The summed E-state index contributed by atoms with van der Waals surface area (Å²) in [5.74, 6) is 0. The van der Waals surface area contributed by atoms with Crippen molar-refractivity contribution in [2.45, 2.75) is 53.0 Å². The molecule has 0 saturated heterocycles. The first-order chi connectivity index (χ1) is 7.25. The van der Waals surface area contributed by atoms with Gasteiger partial charge in [-0.05, 0) is 55.7 Å². The first-order valence-corrected chi connectivity index (χ1v) is 6.11. The Morgan fingerprint density at radius 2 is 1.56 bits per heavy atom. The SMILES string of the molecule is Cc1cc(C)c(CC2(N)CC2(C)C)c(C)c1. The van der Waals surface area contributed by atoms with Crippen LogP contribution < -0.4 is 5.73 Å². The van der Waals surface area contributed by atoms with Gasteiger partial charge in [-0.2, -0.15) is 0 Å². The van der Waals surface area contributed by atoms with Gasteiger partial charge in [-0.25, -0.2) is 0 Å². The van der Waals surface area contributed by atoms with Crippen LogP contribution >= 0.6 is 0 Å². The molecule has 0 amide bonds. The highest BCUT2D eigenvalue weighted by atomic mass is 14.9. The molecule has 1 aliphatic carbocycles. The van der Waals surface area contributed by atoms with Crippen molar-refractivity contribution < 1.29 is 0 Å². The van der Waals surface area contributed by atoms with E-state index in [2.05, 4.69) is 46.8 Å². The summed E-state index contributed by atoms with van der Waals surface area (Å²) in [4.78, 5) is 0. The van der Waals surface area contributed by atoms with E-state index in [1.165, 1.54) is 22.3 Å². The molecular weight excluding hydrogens is 194 g/mol. The minimum Gasteiger partial charge on any atom is -0.324 e. The summed E-state index contributed by atoms with van der Waals surface area (Å²) in [5.41, 5.74) is 12.4. The molecule has 1 nitrogen and oxygen atoms in total. The summed E-state index contributed by atoms with van der Waals surface area (Å²) in [7, 11) is 0. The maximum Gasteiger partial charge on any atom is 0.0253 e. The third kappa shape index (κ3) is 1.78. The van der Waals surface area contributed by atoms with E-state index in [1.54, 1.807) is 0 Å². The predicted octanol–water partition coefficient (Wildman–Crippen LogP) is 3.28. The standard InChI is InChI=1S/C15H23N/c1-10-6-11(2)13(12(3)7-10)8-15(16)9-14(15,4)5/h6-7H,8-9,16H2,1-5H3. The molecule has 0 aromatic heterocycles. The van der Waals surface area contributed by atoms with Gasteiger partial charge >= 0.3 is 0 Å². The van der Waals surface area contributed by atoms with Gasteiger partial charge in [0.05, 0.1) is 0 Å². The zero-order chi connectivity index (χ0) is 12.1. The number of benzene rings is 1. The number of aryl methyl sites for hydroxylation is 3. The molecule has 16 heavy (non-hydrogen) atoms. The minimum atomic E-state index is 0.0256. The lowest BCUT2D eigenvalue weighted by Crippen LogP contribution is -2.31. The lowest BCUT2D eigenvalue weighted by molar-refractivity contribution is 0.488. The first-order valence-electron chi connectivity index (χ1n) is 6.11. The van der Waals surface area contributed by atoms with E-state index in [1.807, 2.05) is 0 Å². The summed E-state index contributed by atoms with van der Waals surface area (Å²) in [5, 5.41) is 0. The van der Waals surface area contributed by atoms with Crippen molar-refractivity contribution in [2.75, 3.05) is 0 Å². The molecule has 1 aromatic rings. The van der Waals surface area contributed by atoms with Crippen LogP contribution in [-0.4, -0.2) is 5.54 Å². The van der Waals surface area contributed by atoms with Crippen LogP contribution in [0.3, 0.4) is 0 Å². The van der Waals surface area contributed by atoms with Gasteiger partial charge in [0.2, 0.25) is 0 Å². The molecule has 88 valence electrons. The second-order valence-electron chi connectivity index (χ2n) is 6.27. The van der Waals surface area contributed by atoms with Gasteiger partial charge in [0.1, 0.15) is 0 Å². The zero-order valence-electron chi connectivity index (χ0n) is 11.1. The molecule has 1 unspecified atom stereocenters. The minimum absolute atomic E-state index is 0.0256. The van der Waals surface area contributed by atoms with E-state index in [0.717, 1.165) is 12.8 Å². The molecule has 1 atom stereocenters. The average molecular weight is 217 g/mol. The Hall–Kier alpha value is -0.820. The van der Waals surface area contributed by atoms with Gasteiger partial charge in [-0.1, -0.05) is 31.5 Å². The summed E-state index contributed by atoms with van der Waals surface area (Å²) >= 11 is 0. The fourth-order valence-corrected chi connectivity index (χ4v) is 2.85. The summed E-state index contributed by atoms with van der Waals surface area (Å²) < 4.78 is 0. The maximum absolute atomic E-state index is 6.43. The van der Waals surface area contributed by atoms with E-state index < -0.39 is 0 Å². The van der Waals surface area contributed by atoms with Crippen molar-refractivity contribution in [3.8, 4) is 0 Å². The Morgan fingerprint density at radius 1 is 1.12 bits per heavy atom. The van der Waals surface area contributed by atoms with Gasteiger partial charge in [0, 0.05) is 5.54 Å². The Kier molecular flexibility index (Phi) is 2.43. The van der Waals surface area contributed by atoms with Crippen LogP contribution in [0, 0.1) is 26.2 Å². The largest absolute Gasteiger partial charge is 0.324 e. The summed E-state index contributed by atoms with van der Waals surface area (Å²) in [6.45, 7) is 11.1. The smallest absolute Gasteiger partial charge is 0.0253 e. The van der Waals surface area contributed by atoms with Crippen LogP contribution in [0.4, 0.5) is 0 Å². The van der Waals surface area contributed by atoms with Crippen molar-refractivity contribution in [1.82, 2.24) is 0 Å². The van der Waals surface area contributed by atoms with Crippen molar-refractivity contribution in [3.05, 3.63) is 34.4 Å². The van der Waals surface area contributed by atoms with Gasteiger partial charge in [-0.3, -0.25) is 0 Å². The average Bonchev–Trinajstić information content (AvgIpc) is 2.59. The molecule has 0 heterocycles. The Balaban J connectivity index is 2.30. The predicted molar refractivity (Wildman–Crippen MR) is 69.7 cm³/mol. The Bertz CT molecular complexity index is 408. The van der Waals surface area contributed by atoms with E-state index in [0.29, 0.717) is 5.41 Å². The summed E-state index contributed by atoms with van der Waals surface area (Å²) in [6.07, 6.45) is 2.17. The molecule has 0 aliphatic heterocycles.